The second-order valence-electron chi connectivity index (χ2n) is 8.92. The third kappa shape index (κ3) is 5.01. The third-order valence-corrected chi connectivity index (χ3v) is 6.08. The van der Waals surface area contributed by atoms with Crippen LogP contribution in [0.15, 0.2) is 78.9 Å². The van der Waals surface area contributed by atoms with Gasteiger partial charge < -0.3 is 10.1 Å². The lowest BCUT2D eigenvalue weighted by Gasteiger charge is -2.11. The number of nitrogens with zero attached hydrogens (tertiary/aromatic N) is 2. The molecule has 3 aromatic carbocycles. The third-order valence-electron chi connectivity index (χ3n) is 6.08. The molecule has 0 radical (unpaired) electrons. The maximum Gasteiger partial charge on any atom is 0.309 e. The van der Waals surface area contributed by atoms with Crippen LogP contribution in [0.1, 0.15) is 42.5 Å². The first-order valence-corrected chi connectivity index (χ1v) is 11.8. The number of ether oxygens (including phenoxy) is 1. The highest BCUT2D eigenvalue weighted by atomic mass is 16.5. The van der Waals surface area contributed by atoms with Gasteiger partial charge in [0.2, 0.25) is 11.8 Å². The van der Waals surface area contributed by atoms with Crippen molar-refractivity contribution in [2.75, 3.05) is 5.32 Å². The number of nitrogens with one attached hydrogen (secondary N) is 1. The van der Waals surface area contributed by atoms with Crippen molar-refractivity contribution in [3.63, 3.8) is 0 Å². The van der Waals surface area contributed by atoms with Crippen LogP contribution < -0.4 is 10.1 Å². The van der Waals surface area contributed by atoms with Crippen LogP contribution in [0, 0.1) is 6.92 Å². The quantitative estimate of drug-likeness (QED) is 0.349. The minimum atomic E-state index is -0.395. The van der Waals surface area contributed by atoms with Gasteiger partial charge in [-0.1, -0.05) is 60.7 Å². The fraction of sp³-hybridized carbons (Fsp3) is 0.207. The molecule has 1 aromatic heterocycles. The molecule has 0 bridgehead atoms. The number of hydrogen-bond acceptors (Lipinski definition) is 4. The van der Waals surface area contributed by atoms with Crippen molar-refractivity contribution in [1.82, 2.24) is 9.78 Å². The van der Waals surface area contributed by atoms with Gasteiger partial charge in [-0.15, -0.1) is 0 Å². The topological polar surface area (TPSA) is 73.2 Å². The van der Waals surface area contributed by atoms with Gasteiger partial charge in [0, 0.05) is 18.5 Å². The number of aryl methyl sites for hydroxylation is 1. The number of carbonyl (C=O) groups excluding carboxylic acids is 2. The lowest BCUT2D eigenvalue weighted by molar-refractivity contribution is -0.132. The van der Waals surface area contributed by atoms with Crippen molar-refractivity contribution < 1.29 is 14.3 Å². The van der Waals surface area contributed by atoms with Crippen LogP contribution in [0.25, 0.3) is 16.8 Å². The lowest BCUT2D eigenvalue weighted by Crippen LogP contribution is -2.14. The smallest absolute Gasteiger partial charge is 0.309 e. The van der Waals surface area contributed by atoms with Gasteiger partial charge in [-0.25, -0.2) is 0 Å². The lowest BCUT2D eigenvalue weighted by atomic mass is 10.0. The zero-order valence-electron chi connectivity index (χ0n) is 19.8. The summed E-state index contributed by atoms with van der Waals surface area (Å²) < 4.78 is 7.50. The molecule has 0 spiro atoms. The van der Waals surface area contributed by atoms with E-state index in [1.807, 2.05) is 85.8 Å². The maximum absolute atomic E-state index is 12.5. The fourth-order valence-electron chi connectivity index (χ4n) is 4.23. The maximum atomic E-state index is 12.5. The minimum absolute atomic E-state index is 0.0735. The molecule has 1 aliphatic carbocycles. The van der Waals surface area contributed by atoms with E-state index < -0.39 is 5.97 Å². The Labute approximate surface area is 204 Å². The van der Waals surface area contributed by atoms with Gasteiger partial charge in [-0.05, 0) is 54.7 Å². The molecule has 5 rings (SSSR count). The zero-order valence-corrected chi connectivity index (χ0v) is 19.8. The Morgan fingerprint density at radius 2 is 1.66 bits per heavy atom. The summed E-state index contributed by atoms with van der Waals surface area (Å²) in [4.78, 5) is 24.5. The van der Waals surface area contributed by atoms with Gasteiger partial charge in [0.05, 0.1) is 23.4 Å². The molecule has 1 amide bonds. The van der Waals surface area contributed by atoms with Crippen LogP contribution in [0.2, 0.25) is 0 Å². The van der Waals surface area contributed by atoms with Crippen LogP contribution in [-0.4, -0.2) is 21.7 Å². The van der Waals surface area contributed by atoms with E-state index in [4.69, 9.17) is 9.84 Å². The summed E-state index contributed by atoms with van der Waals surface area (Å²) >= 11 is 0. The van der Waals surface area contributed by atoms with Crippen LogP contribution >= 0.6 is 0 Å². The van der Waals surface area contributed by atoms with Gasteiger partial charge >= 0.3 is 5.97 Å². The first-order chi connectivity index (χ1) is 17.0. The molecule has 1 aliphatic rings. The number of anilines is 1. The summed E-state index contributed by atoms with van der Waals surface area (Å²) in [5, 5.41) is 7.88. The predicted octanol–water partition coefficient (Wildman–Crippen LogP) is 5.83. The Hall–Kier alpha value is -4.19. The van der Waals surface area contributed by atoms with E-state index in [9.17, 15) is 9.59 Å². The summed E-state index contributed by atoms with van der Waals surface area (Å²) in [6.07, 6.45) is 2.43. The Kier molecular flexibility index (Phi) is 6.19. The second-order valence-corrected chi connectivity index (χ2v) is 8.92. The number of benzene rings is 3. The van der Waals surface area contributed by atoms with E-state index in [1.54, 1.807) is 4.68 Å². The molecule has 35 heavy (non-hydrogen) atoms. The number of amides is 1. The van der Waals surface area contributed by atoms with Crippen LogP contribution in [-0.2, 0) is 16.0 Å². The molecule has 0 unspecified atom stereocenters. The van der Waals surface area contributed by atoms with E-state index in [1.165, 1.54) is 6.92 Å². The monoisotopic (exact) mass is 465 g/mol. The van der Waals surface area contributed by atoms with E-state index in [-0.39, 0.29) is 5.91 Å². The Balaban J connectivity index is 1.48. The predicted molar refractivity (Wildman–Crippen MR) is 136 cm³/mol. The van der Waals surface area contributed by atoms with Crippen molar-refractivity contribution >= 4 is 17.6 Å². The average molecular weight is 466 g/mol. The standard InChI is InChI=1S/C29H27N3O3/c1-19-8-6-7-11-25(19)32-29(35-20(2)33)27(28(31-32)23-12-13-23)22-14-16-24(17-15-22)30-26(34)18-21-9-4-3-5-10-21/h3-11,14-17,23H,12-13,18H2,1-2H3,(H,30,34). The van der Waals surface area contributed by atoms with Crippen molar-refractivity contribution in [2.24, 2.45) is 0 Å². The molecule has 176 valence electrons. The molecule has 1 heterocycles. The highest BCUT2D eigenvalue weighted by molar-refractivity contribution is 5.92. The summed E-state index contributed by atoms with van der Waals surface area (Å²) in [7, 11) is 0. The minimum Gasteiger partial charge on any atom is -0.407 e. The number of hydrogen-bond donors (Lipinski definition) is 1. The number of esters is 1. The van der Waals surface area contributed by atoms with Gasteiger partial charge in [0.15, 0.2) is 0 Å². The number of aromatic nitrogens is 2. The van der Waals surface area contributed by atoms with Crippen molar-refractivity contribution in [3.8, 4) is 22.7 Å². The number of carbonyl (C=O) groups is 2. The van der Waals surface area contributed by atoms with Crippen LogP contribution in [0.4, 0.5) is 5.69 Å². The highest BCUT2D eigenvalue weighted by Gasteiger charge is 2.34. The van der Waals surface area contributed by atoms with E-state index in [0.717, 1.165) is 46.5 Å². The molecule has 0 aliphatic heterocycles. The summed E-state index contributed by atoms with van der Waals surface area (Å²) in [5.74, 6) is 0.299. The fourth-order valence-corrected chi connectivity index (χ4v) is 4.23. The second kappa shape index (κ2) is 9.58. The highest BCUT2D eigenvalue weighted by Crippen LogP contribution is 2.48. The Morgan fingerprint density at radius 1 is 0.971 bits per heavy atom. The molecule has 4 aromatic rings. The SMILES string of the molecule is CC(=O)Oc1c(-c2ccc(NC(=O)Cc3ccccc3)cc2)c(C2CC2)nn1-c1ccccc1C. The summed E-state index contributed by atoms with van der Waals surface area (Å²) in [5.41, 5.74) is 6.24. The molecule has 1 fully saturated rings. The Bertz CT molecular complexity index is 1370. The molecular formula is C29H27N3O3. The molecule has 0 atom stereocenters. The normalized spacial score (nSPS) is 12.9. The summed E-state index contributed by atoms with van der Waals surface area (Å²) in [6.45, 7) is 3.42. The average Bonchev–Trinajstić information content (AvgIpc) is 3.62. The van der Waals surface area contributed by atoms with Crippen molar-refractivity contribution in [2.45, 2.75) is 39.0 Å². The molecule has 0 saturated heterocycles. The summed E-state index contributed by atoms with van der Waals surface area (Å²) in [6, 6.07) is 25.2. The van der Waals surface area contributed by atoms with Gasteiger partial charge in [-0.3, -0.25) is 9.59 Å². The van der Waals surface area contributed by atoms with E-state index in [0.29, 0.717) is 23.9 Å². The molecule has 6 heteroatoms. The first kappa shape index (κ1) is 22.6. The Morgan fingerprint density at radius 3 is 2.31 bits per heavy atom. The van der Waals surface area contributed by atoms with Crippen molar-refractivity contribution in [1.29, 1.82) is 0 Å². The number of para-hydroxylation sites is 1. The van der Waals surface area contributed by atoms with Gasteiger partial charge in [0.25, 0.3) is 0 Å². The van der Waals surface area contributed by atoms with Crippen LogP contribution in [0.5, 0.6) is 5.88 Å². The van der Waals surface area contributed by atoms with E-state index >= 15 is 0 Å². The van der Waals surface area contributed by atoms with E-state index in [2.05, 4.69) is 5.32 Å². The molecule has 1 N–H and O–H groups in total. The van der Waals surface area contributed by atoms with Crippen molar-refractivity contribution in [3.05, 3.63) is 95.7 Å². The zero-order chi connectivity index (χ0) is 24.4. The molecule has 1 saturated carbocycles. The van der Waals surface area contributed by atoms with Gasteiger partial charge in [0.1, 0.15) is 0 Å². The van der Waals surface area contributed by atoms with Crippen LogP contribution in [0.3, 0.4) is 0 Å². The first-order valence-electron chi connectivity index (χ1n) is 11.8. The van der Waals surface area contributed by atoms with Gasteiger partial charge in [-0.2, -0.15) is 9.78 Å². The molecule has 6 nitrogen and oxygen atoms in total. The number of rotatable bonds is 7. The largest absolute Gasteiger partial charge is 0.407 e. The molecular weight excluding hydrogens is 438 g/mol.